The van der Waals surface area contributed by atoms with E-state index in [0.717, 1.165) is 36.8 Å². The zero-order valence-electron chi connectivity index (χ0n) is 16.4. The van der Waals surface area contributed by atoms with Gasteiger partial charge in [-0.05, 0) is 54.9 Å². The Labute approximate surface area is 191 Å². The highest BCUT2D eigenvalue weighted by molar-refractivity contribution is 7.80. The first-order valence-electron chi connectivity index (χ1n) is 10.0. The van der Waals surface area contributed by atoms with Gasteiger partial charge in [0.1, 0.15) is 18.1 Å². The van der Waals surface area contributed by atoms with E-state index in [9.17, 15) is 4.79 Å². The molecule has 0 bridgehead atoms. The lowest BCUT2D eigenvalue weighted by Crippen LogP contribution is -2.41. The van der Waals surface area contributed by atoms with E-state index in [-0.39, 0.29) is 11.9 Å². The Bertz CT molecular complexity index is 1000. The highest BCUT2D eigenvalue weighted by atomic mass is 35.5. The van der Waals surface area contributed by atoms with E-state index in [0.29, 0.717) is 33.2 Å². The molecule has 2 aliphatic rings. The minimum atomic E-state index is -0.0675. The van der Waals surface area contributed by atoms with Crippen LogP contribution in [0.2, 0.25) is 10.0 Å². The number of amides is 1. The summed E-state index contributed by atoms with van der Waals surface area (Å²) in [6.45, 7) is 0.324. The average Bonchev–Trinajstić information content (AvgIpc) is 3.02. The van der Waals surface area contributed by atoms with Crippen LogP contribution in [0.4, 0.5) is 0 Å². The molecule has 30 heavy (non-hydrogen) atoms. The number of hydrogen-bond acceptors (Lipinski definition) is 3. The van der Waals surface area contributed by atoms with Gasteiger partial charge < -0.3 is 10.1 Å². The first-order chi connectivity index (χ1) is 14.5. The summed E-state index contributed by atoms with van der Waals surface area (Å²) >= 11 is 18.0. The molecule has 1 saturated heterocycles. The van der Waals surface area contributed by atoms with Crippen LogP contribution in [0.5, 0.6) is 5.75 Å². The maximum Gasteiger partial charge on any atom is 0.276 e. The summed E-state index contributed by atoms with van der Waals surface area (Å²) < 4.78 is 5.81. The molecule has 156 valence electrons. The van der Waals surface area contributed by atoms with Crippen LogP contribution >= 0.6 is 35.4 Å². The van der Waals surface area contributed by atoms with Crippen molar-refractivity contribution in [2.24, 2.45) is 0 Å². The predicted octanol–water partition coefficient (Wildman–Crippen LogP) is 5.96. The number of ether oxygens (including phenoxy) is 1. The Kier molecular flexibility index (Phi) is 6.61. The Morgan fingerprint density at radius 1 is 1.10 bits per heavy atom. The van der Waals surface area contributed by atoms with E-state index in [1.54, 1.807) is 23.1 Å². The third kappa shape index (κ3) is 4.64. The zero-order valence-corrected chi connectivity index (χ0v) is 18.7. The van der Waals surface area contributed by atoms with Gasteiger partial charge in [0.15, 0.2) is 5.11 Å². The van der Waals surface area contributed by atoms with E-state index in [1.165, 1.54) is 6.42 Å². The molecule has 1 aliphatic carbocycles. The fourth-order valence-corrected chi connectivity index (χ4v) is 4.66. The Morgan fingerprint density at radius 2 is 1.87 bits per heavy atom. The van der Waals surface area contributed by atoms with Gasteiger partial charge in [-0.2, -0.15) is 0 Å². The van der Waals surface area contributed by atoms with Gasteiger partial charge in [-0.1, -0.05) is 66.7 Å². The lowest BCUT2D eigenvalue weighted by Gasteiger charge is -2.29. The monoisotopic (exact) mass is 460 g/mol. The number of nitrogens with one attached hydrogen (secondary N) is 1. The summed E-state index contributed by atoms with van der Waals surface area (Å²) in [7, 11) is 0. The van der Waals surface area contributed by atoms with Crippen LogP contribution in [-0.2, 0) is 11.4 Å². The minimum Gasteiger partial charge on any atom is -0.487 e. The first-order valence-corrected chi connectivity index (χ1v) is 11.2. The smallest absolute Gasteiger partial charge is 0.276 e. The summed E-state index contributed by atoms with van der Waals surface area (Å²) in [6, 6.07) is 13.1. The van der Waals surface area contributed by atoms with E-state index in [4.69, 9.17) is 40.2 Å². The molecule has 2 fully saturated rings. The third-order valence-electron chi connectivity index (χ3n) is 5.46. The number of hydrogen-bond donors (Lipinski definition) is 1. The van der Waals surface area contributed by atoms with Gasteiger partial charge in [0.2, 0.25) is 0 Å². The van der Waals surface area contributed by atoms with Gasteiger partial charge in [-0.3, -0.25) is 9.69 Å². The molecule has 0 unspecified atom stereocenters. The zero-order chi connectivity index (χ0) is 21.1. The molecule has 0 spiro atoms. The van der Waals surface area contributed by atoms with Gasteiger partial charge in [0.25, 0.3) is 5.91 Å². The van der Waals surface area contributed by atoms with Crippen LogP contribution in [0.15, 0.2) is 48.2 Å². The summed E-state index contributed by atoms with van der Waals surface area (Å²) in [6.07, 6.45) is 7.29. The van der Waals surface area contributed by atoms with Gasteiger partial charge in [-0.15, -0.1) is 0 Å². The van der Waals surface area contributed by atoms with E-state index >= 15 is 0 Å². The number of carbonyl (C=O) groups excluding carboxylic acids is 1. The average molecular weight is 461 g/mol. The summed E-state index contributed by atoms with van der Waals surface area (Å²) in [4.78, 5) is 14.6. The highest BCUT2D eigenvalue weighted by Gasteiger charge is 2.36. The number of nitrogens with zero attached hydrogens (tertiary/aromatic N) is 1. The number of carbonyl (C=O) groups is 1. The van der Waals surface area contributed by atoms with Gasteiger partial charge in [0, 0.05) is 16.6 Å². The predicted molar refractivity (Wildman–Crippen MR) is 125 cm³/mol. The topological polar surface area (TPSA) is 41.6 Å². The van der Waals surface area contributed by atoms with Gasteiger partial charge in [-0.25, -0.2) is 0 Å². The van der Waals surface area contributed by atoms with Gasteiger partial charge in [0.05, 0.1) is 5.02 Å². The van der Waals surface area contributed by atoms with E-state index < -0.39 is 0 Å². The maximum atomic E-state index is 12.9. The van der Waals surface area contributed by atoms with Crippen molar-refractivity contribution < 1.29 is 9.53 Å². The standard InChI is InChI=1S/C23H22Cl2N2O2S/c24-18-9-5-4-6-16(18)14-29-21-11-10-15(12-19(21)25)13-20-22(28)27(23(30)26-20)17-7-2-1-3-8-17/h4-6,9-13,17H,1-3,7-8,14H2,(H,26,30)/b20-13-. The number of rotatable bonds is 5. The molecule has 1 N–H and O–H groups in total. The van der Waals surface area contributed by atoms with Crippen molar-refractivity contribution in [2.75, 3.05) is 0 Å². The van der Waals surface area contributed by atoms with E-state index in [1.807, 2.05) is 30.3 Å². The second kappa shape index (κ2) is 9.38. The fourth-order valence-electron chi connectivity index (χ4n) is 3.88. The van der Waals surface area contributed by atoms with Crippen LogP contribution in [-0.4, -0.2) is 22.0 Å². The molecular formula is C23H22Cl2N2O2S. The molecule has 0 atom stereocenters. The summed E-state index contributed by atoms with van der Waals surface area (Å²) in [5, 5.41) is 4.67. The second-order valence-electron chi connectivity index (χ2n) is 7.53. The second-order valence-corrected chi connectivity index (χ2v) is 8.73. The third-order valence-corrected chi connectivity index (χ3v) is 6.42. The van der Waals surface area contributed by atoms with Crippen LogP contribution < -0.4 is 10.1 Å². The molecule has 0 aromatic heterocycles. The van der Waals surface area contributed by atoms with Crippen molar-refractivity contribution in [3.8, 4) is 5.75 Å². The van der Waals surface area contributed by atoms with Crippen molar-refractivity contribution in [1.29, 1.82) is 0 Å². The van der Waals surface area contributed by atoms with Crippen LogP contribution in [0.1, 0.15) is 43.2 Å². The molecule has 1 amide bonds. The number of thiocarbonyl (C=S) groups is 1. The molecule has 1 heterocycles. The normalized spacial score (nSPS) is 18.7. The number of benzene rings is 2. The molecular weight excluding hydrogens is 439 g/mol. The molecule has 2 aromatic rings. The Balaban J connectivity index is 1.46. The lowest BCUT2D eigenvalue weighted by atomic mass is 9.94. The van der Waals surface area contributed by atoms with Crippen molar-refractivity contribution in [1.82, 2.24) is 10.2 Å². The van der Waals surface area contributed by atoms with Crippen molar-refractivity contribution in [3.05, 3.63) is 69.3 Å². The van der Waals surface area contributed by atoms with Crippen LogP contribution in [0.3, 0.4) is 0 Å². The molecule has 1 aliphatic heterocycles. The largest absolute Gasteiger partial charge is 0.487 e. The molecule has 2 aromatic carbocycles. The summed E-state index contributed by atoms with van der Waals surface area (Å²) in [5.41, 5.74) is 2.17. The van der Waals surface area contributed by atoms with E-state index in [2.05, 4.69) is 5.32 Å². The van der Waals surface area contributed by atoms with Crippen molar-refractivity contribution in [2.45, 2.75) is 44.8 Å². The van der Waals surface area contributed by atoms with Crippen LogP contribution in [0, 0.1) is 0 Å². The van der Waals surface area contributed by atoms with Crippen molar-refractivity contribution in [3.63, 3.8) is 0 Å². The molecule has 4 nitrogen and oxygen atoms in total. The Hall–Kier alpha value is -2.08. The maximum absolute atomic E-state index is 12.9. The molecule has 0 radical (unpaired) electrons. The Morgan fingerprint density at radius 3 is 2.60 bits per heavy atom. The minimum absolute atomic E-state index is 0.0675. The van der Waals surface area contributed by atoms with Crippen molar-refractivity contribution >= 4 is 52.5 Å². The SMILES string of the molecule is O=C1/C(=C/c2ccc(OCc3ccccc3Cl)c(Cl)c2)NC(=S)N1C1CCCCC1. The number of halogens is 2. The fraction of sp³-hybridized carbons (Fsp3) is 0.304. The summed E-state index contributed by atoms with van der Waals surface area (Å²) in [5.74, 6) is 0.492. The molecule has 4 rings (SSSR count). The first kappa shape index (κ1) is 21.2. The highest BCUT2D eigenvalue weighted by Crippen LogP contribution is 2.30. The molecule has 1 saturated carbocycles. The lowest BCUT2D eigenvalue weighted by molar-refractivity contribution is -0.124. The van der Waals surface area contributed by atoms with Gasteiger partial charge >= 0.3 is 0 Å². The van der Waals surface area contributed by atoms with Crippen LogP contribution in [0.25, 0.3) is 6.08 Å². The molecule has 7 heteroatoms. The quantitative estimate of drug-likeness (QED) is 0.441.